The Balaban J connectivity index is 3.77. The third-order valence-electron chi connectivity index (χ3n) is 1.07. The second kappa shape index (κ2) is 4.71. The van der Waals surface area contributed by atoms with Crippen molar-refractivity contribution in [2.45, 2.75) is 32.9 Å². The van der Waals surface area contributed by atoms with Crippen molar-refractivity contribution in [3.8, 4) is 0 Å². The highest BCUT2D eigenvalue weighted by atomic mass is 16.2. The van der Waals surface area contributed by atoms with E-state index in [0.717, 1.165) is 0 Å². The standard InChI is InChI=1S/C7H15N3O2/c1-4(2)9-7(12)10-6(11)5(3)8/h4-5H,8H2,1-3H3,(H2,9,10,11,12). The van der Waals surface area contributed by atoms with Gasteiger partial charge in [0.15, 0.2) is 0 Å². The summed E-state index contributed by atoms with van der Waals surface area (Å²) in [7, 11) is 0. The molecule has 4 N–H and O–H groups in total. The number of hydrogen-bond donors (Lipinski definition) is 3. The third-order valence-corrected chi connectivity index (χ3v) is 1.07. The first-order valence-electron chi connectivity index (χ1n) is 3.80. The maximum Gasteiger partial charge on any atom is 0.321 e. The first-order chi connectivity index (χ1) is 5.43. The maximum atomic E-state index is 10.9. The van der Waals surface area contributed by atoms with Crippen molar-refractivity contribution >= 4 is 11.9 Å². The molecule has 0 heterocycles. The summed E-state index contributed by atoms with van der Waals surface area (Å²) >= 11 is 0. The average molecular weight is 173 g/mol. The van der Waals surface area contributed by atoms with Crippen LogP contribution in [0.4, 0.5) is 4.79 Å². The lowest BCUT2D eigenvalue weighted by atomic mass is 10.3. The van der Waals surface area contributed by atoms with Gasteiger partial charge in [-0.05, 0) is 20.8 Å². The van der Waals surface area contributed by atoms with E-state index in [4.69, 9.17) is 5.73 Å². The van der Waals surface area contributed by atoms with Crippen LogP contribution < -0.4 is 16.4 Å². The molecule has 5 heteroatoms. The summed E-state index contributed by atoms with van der Waals surface area (Å²) in [5, 5.41) is 4.60. The van der Waals surface area contributed by atoms with Crippen LogP contribution in [-0.4, -0.2) is 24.0 Å². The number of urea groups is 1. The van der Waals surface area contributed by atoms with Crippen molar-refractivity contribution in [3.05, 3.63) is 0 Å². The molecule has 0 saturated heterocycles. The van der Waals surface area contributed by atoms with Crippen LogP contribution in [0.2, 0.25) is 0 Å². The van der Waals surface area contributed by atoms with Crippen LogP contribution in [0.15, 0.2) is 0 Å². The molecular formula is C7H15N3O2. The fourth-order valence-electron chi connectivity index (χ4n) is 0.524. The number of rotatable bonds is 2. The minimum Gasteiger partial charge on any atom is -0.336 e. The summed E-state index contributed by atoms with van der Waals surface area (Å²) < 4.78 is 0. The van der Waals surface area contributed by atoms with Crippen molar-refractivity contribution in [2.75, 3.05) is 0 Å². The number of imide groups is 1. The molecule has 3 amide bonds. The quantitative estimate of drug-likeness (QED) is 0.529. The monoisotopic (exact) mass is 173 g/mol. The van der Waals surface area contributed by atoms with Crippen LogP contribution in [-0.2, 0) is 4.79 Å². The zero-order chi connectivity index (χ0) is 9.72. The predicted octanol–water partition coefficient (Wildman–Crippen LogP) is -0.432. The molecular weight excluding hydrogens is 158 g/mol. The molecule has 0 rings (SSSR count). The molecule has 0 aromatic carbocycles. The second-order valence-electron chi connectivity index (χ2n) is 2.91. The lowest BCUT2D eigenvalue weighted by Crippen LogP contribution is -2.47. The second-order valence-corrected chi connectivity index (χ2v) is 2.91. The van der Waals surface area contributed by atoms with Gasteiger partial charge in [0.25, 0.3) is 0 Å². The molecule has 0 aliphatic carbocycles. The van der Waals surface area contributed by atoms with Gasteiger partial charge in [0.2, 0.25) is 5.91 Å². The predicted molar refractivity (Wildman–Crippen MR) is 45.5 cm³/mol. The molecule has 1 unspecified atom stereocenters. The Morgan fingerprint density at radius 1 is 1.25 bits per heavy atom. The van der Waals surface area contributed by atoms with Crippen molar-refractivity contribution < 1.29 is 9.59 Å². The van der Waals surface area contributed by atoms with Gasteiger partial charge in [-0.1, -0.05) is 0 Å². The molecule has 1 atom stereocenters. The smallest absolute Gasteiger partial charge is 0.321 e. The Labute approximate surface area is 71.7 Å². The number of carbonyl (C=O) groups excluding carboxylic acids is 2. The van der Waals surface area contributed by atoms with E-state index >= 15 is 0 Å². The van der Waals surface area contributed by atoms with Crippen LogP contribution in [0.3, 0.4) is 0 Å². The largest absolute Gasteiger partial charge is 0.336 e. The van der Waals surface area contributed by atoms with Gasteiger partial charge in [0, 0.05) is 6.04 Å². The lowest BCUT2D eigenvalue weighted by Gasteiger charge is -2.10. The molecule has 5 nitrogen and oxygen atoms in total. The van der Waals surface area contributed by atoms with Crippen LogP contribution in [0, 0.1) is 0 Å². The average Bonchev–Trinajstić information content (AvgIpc) is 1.84. The van der Waals surface area contributed by atoms with E-state index < -0.39 is 18.0 Å². The number of nitrogens with one attached hydrogen (secondary N) is 2. The van der Waals surface area contributed by atoms with Gasteiger partial charge < -0.3 is 11.1 Å². The highest BCUT2D eigenvalue weighted by Crippen LogP contribution is 1.78. The maximum absolute atomic E-state index is 10.9. The van der Waals surface area contributed by atoms with E-state index in [1.165, 1.54) is 6.92 Å². The van der Waals surface area contributed by atoms with E-state index in [1.807, 2.05) is 0 Å². The third kappa shape index (κ3) is 4.68. The molecule has 0 spiro atoms. The van der Waals surface area contributed by atoms with Crippen LogP contribution in [0.25, 0.3) is 0 Å². The molecule has 0 aliphatic heterocycles. The Morgan fingerprint density at radius 2 is 1.75 bits per heavy atom. The Bertz CT molecular complexity index is 177. The van der Waals surface area contributed by atoms with Gasteiger partial charge in [-0.25, -0.2) is 4.79 Å². The van der Waals surface area contributed by atoms with Gasteiger partial charge in [-0.15, -0.1) is 0 Å². The SMILES string of the molecule is CC(C)NC(=O)NC(=O)C(C)N. The van der Waals surface area contributed by atoms with Crippen molar-refractivity contribution in [1.29, 1.82) is 0 Å². The molecule has 0 aromatic rings. The summed E-state index contributed by atoms with van der Waals surface area (Å²) in [6.07, 6.45) is 0. The highest BCUT2D eigenvalue weighted by Gasteiger charge is 2.11. The summed E-state index contributed by atoms with van der Waals surface area (Å²) in [6.45, 7) is 5.11. The summed E-state index contributed by atoms with van der Waals surface area (Å²) in [4.78, 5) is 21.7. The first kappa shape index (κ1) is 10.9. The lowest BCUT2D eigenvalue weighted by molar-refractivity contribution is -0.120. The number of hydrogen-bond acceptors (Lipinski definition) is 3. The van der Waals surface area contributed by atoms with Gasteiger partial charge in [-0.2, -0.15) is 0 Å². The van der Waals surface area contributed by atoms with Crippen molar-refractivity contribution in [3.63, 3.8) is 0 Å². The van der Waals surface area contributed by atoms with Crippen LogP contribution in [0.1, 0.15) is 20.8 Å². The number of carbonyl (C=O) groups is 2. The van der Waals surface area contributed by atoms with E-state index in [9.17, 15) is 9.59 Å². The van der Waals surface area contributed by atoms with E-state index in [1.54, 1.807) is 13.8 Å². The first-order valence-corrected chi connectivity index (χ1v) is 3.80. The van der Waals surface area contributed by atoms with Gasteiger partial charge in [0.1, 0.15) is 0 Å². The van der Waals surface area contributed by atoms with Gasteiger partial charge in [0.05, 0.1) is 6.04 Å². The Morgan fingerprint density at radius 3 is 2.08 bits per heavy atom. The summed E-state index contributed by atoms with van der Waals surface area (Å²) in [5.41, 5.74) is 5.22. The normalized spacial score (nSPS) is 12.4. The van der Waals surface area contributed by atoms with Crippen LogP contribution >= 0.6 is 0 Å². The minimum atomic E-state index is -0.664. The van der Waals surface area contributed by atoms with Crippen molar-refractivity contribution in [2.24, 2.45) is 5.73 Å². The number of nitrogens with two attached hydrogens (primary N) is 1. The fourth-order valence-corrected chi connectivity index (χ4v) is 0.524. The topological polar surface area (TPSA) is 84.2 Å². The van der Waals surface area contributed by atoms with E-state index in [-0.39, 0.29) is 6.04 Å². The zero-order valence-electron chi connectivity index (χ0n) is 7.55. The molecule has 0 saturated carbocycles. The minimum absolute atomic E-state index is 0.00545. The Kier molecular flexibility index (Phi) is 4.28. The molecule has 0 aromatic heterocycles. The van der Waals surface area contributed by atoms with E-state index in [2.05, 4.69) is 10.6 Å². The fraction of sp³-hybridized carbons (Fsp3) is 0.714. The van der Waals surface area contributed by atoms with Crippen LogP contribution in [0.5, 0.6) is 0 Å². The Hall–Kier alpha value is -1.10. The van der Waals surface area contributed by atoms with Gasteiger partial charge in [-0.3, -0.25) is 10.1 Å². The zero-order valence-corrected chi connectivity index (χ0v) is 7.55. The molecule has 0 fully saturated rings. The van der Waals surface area contributed by atoms with E-state index in [0.29, 0.717) is 0 Å². The molecule has 0 radical (unpaired) electrons. The molecule has 0 aliphatic rings. The van der Waals surface area contributed by atoms with Crippen molar-refractivity contribution in [1.82, 2.24) is 10.6 Å². The summed E-state index contributed by atoms with van der Waals surface area (Å²) in [5.74, 6) is -0.479. The number of amides is 3. The molecule has 12 heavy (non-hydrogen) atoms. The molecule has 0 bridgehead atoms. The van der Waals surface area contributed by atoms with Gasteiger partial charge >= 0.3 is 6.03 Å². The highest BCUT2D eigenvalue weighted by molar-refractivity contribution is 5.96. The molecule has 70 valence electrons. The summed E-state index contributed by atoms with van der Waals surface area (Å²) in [6, 6.07) is -1.17.